The van der Waals surface area contributed by atoms with Crippen molar-refractivity contribution in [1.82, 2.24) is 0 Å². The van der Waals surface area contributed by atoms with E-state index in [9.17, 15) is 9.59 Å². The maximum atomic E-state index is 12.1. The van der Waals surface area contributed by atoms with Gasteiger partial charge in [-0.2, -0.15) is 0 Å². The standard InChI is InChI=1S/C18H14O5/c1-11(17(19)20)22-14-8-6-12(7-9-14)15-10-13-4-2-3-5-16(13)23-18(15)21/h2-11H,1H3,(H,19,20). The number of carboxylic acids is 1. The van der Waals surface area contributed by atoms with Crippen molar-refractivity contribution in [1.29, 1.82) is 0 Å². The molecule has 23 heavy (non-hydrogen) atoms. The number of carbonyl (C=O) groups is 1. The average Bonchev–Trinajstić information content (AvgIpc) is 2.55. The largest absolute Gasteiger partial charge is 0.479 e. The molecule has 116 valence electrons. The van der Waals surface area contributed by atoms with E-state index in [1.54, 1.807) is 42.5 Å². The van der Waals surface area contributed by atoms with Crippen LogP contribution in [0.5, 0.6) is 5.75 Å². The van der Waals surface area contributed by atoms with Gasteiger partial charge in [-0.25, -0.2) is 9.59 Å². The van der Waals surface area contributed by atoms with Gasteiger partial charge in [0.15, 0.2) is 6.10 Å². The van der Waals surface area contributed by atoms with Crippen LogP contribution in [0.3, 0.4) is 0 Å². The summed E-state index contributed by atoms with van der Waals surface area (Å²) in [4.78, 5) is 22.9. The van der Waals surface area contributed by atoms with Gasteiger partial charge in [-0.15, -0.1) is 0 Å². The monoisotopic (exact) mass is 310 g/mol. The summed E-state index contributed by atoms with van der Waals surface area (Å²) in [5.74, 6) is -0.613. The van der Waals surface area contributed by atoms with Gasteiger partial charge in [0.2, 0.25) is 0 Å². The fourth-order valence-corrected chi connectivity index (χ4v) is 2.23. The molecule has 0 spiro atoms. The van der Waals surface area contributed by atoms with Crippen LogP contribution < -0.4 is 10.4 Å². The highest BCUT2D eigenvalue weighted by Gasteiger charge is 2.13. The second-order valence-corrected chi connectivity index (χ2v) is 5.11. The lowest BCUT2D eigenvalue weighted by atomic mass is 10.1. The number of carboxylic acid groups (broad SMARTS) is 1. The Hall–Kier alpha value is -3.08. The molecule has 0 saturated carbocycles. The molecular formula is C18H14O5. The molecule has 0 radical (unpaired) electrons. The maximum absolute atomic E-state index is 12.1. The van der Waals surface area contributed by atoms with Crippen LogP contribution in [0, 0.1) is 0 Å². The van der Waals surface area contributed by atoms with E-state index >= 15 is 0 Å². The Bertz CT molecular complexity index is 909. The number of rotatable bonds is 4. The molecule has 2 aromatic carbocycles. The SMILES string of the molecule is CC(Oc1ccc(-c2cc3ccccc3oc2=O)cc1)C(=O)O. The normalized spacial score (nSPS) is 12.0. The van der Waals surface area contributed by atoms with Gasteiger partial charge in [0.1, 0.15) is 11.3 Å². The third kappa shape index (κ3) is 3.08. The number of hydrogen-bond donors (Lipinski definition) is 1. The van der Waals surface area contributed by atoms with Crippen LogP contribution >= 0.6 is 0 Å². The molecule has 0 aliphatic heterocycles. The van der Waals surface area contributed by atoms with E-state index in [0.29, 0.717) is 22.5 Å². The first-order valence-electron chi connectivity index (χ1n) is 7.07. The summed E-state index contributed by atoms with van der Waals surface area (Å²) in [6, 6.07) is 15.7. The second kappa shape index (κ2) is 5.96. The molecule has 1 atom stereocenters. The van der Waals surface area contributed by atoms with Gasteiger partial charge in [0.05, 0.1) is 5.56 Å². The van der Waals surface area contributed by atoms with Gasteiger partial charge >= 0.3 is 11.6 Å². The van der Waals surface area contributed by atoms with Crippen LogP contribution in [0.2, 0.25) is 0 Å². The Kier molecular flexibility index (Phi) is 3.85. The summed E-state index contributed by atoms with van der Waals surface area (Å²) >= 11 is 0. The average molecular weight is 310 g/mol. The van der Waals surface area contributed by atoms with E-state index in [1.807, 2.05) is 12.1 Å². The zero-order valence-corrected chi connectivity index (χ0v) is 12.4. The first-order chi connectivity index (χ1) is 11.0. The zero-order chi connectivity index (χ0) is 16.4. The number of benzene rings is 2. The quantitative estimate of drug-likeness (QED) is 0.748. The molecule has 1 N–H and O–H groups in total. The zero-order valence-electron chi connectivity index (χ0n) is 12.4. The van der Waals surface area contributed by atoms with E-state index in [1.165, 1.54) is 6.92 Å². The molecule has 1 aromatic heterocycles. The van der Waals surface area contributed by atoms with E-state index in [2.05, 4.69) is 0 Å². The van der Waals surface area contributed by atoms with E-state index < -0.39 is 17.7 Å². The first kappa shape index (κ1) is 14.8. The maximum Gasteiger partial charge on any atom is 0.344 e. The molecule has 5 nitrogen and oxygen atoms in total. The van der Waals surface area contributed by atoms with Gasteiger partial charge in [0.25, 0.3) is 0 Å². The third-order valence-electron chi connectivity index (χ3n) is 3.47. The molecule has 0 fully saturated rings. The van der Waals surface area contributed by atoms with Crippen molar-refractivity contribution in [3.05, 3.63) is 65.0 Å². The summed E-state index contributed by atoms with van der Waals surface area (Å²) in [6.45, 7) is 1.45. The summed E-state index contributed by atoms with van der Waals surface area (Å²) in [5, 5.41) is 9.67. The highest BCUT2D eigenvalue weighted by Crippen LogP contribution is 2.23. The first-order valence-corrected chi connectivity index (χ1v) is 7.07. The van der Waals surface area contributed by atoms with Crippen LogP contribution in [-0.2, 0) is 4.79 Å². The summed E-state index contributed by atoms with van der Waals surface area (Å²) in [7, 11) is 0. The fourth-order valence-electron chi connectivity index (χ4n) is 2.23. The Balaban J connectivity index is 1.94. The summed E-state index contributed by atoms with van der Waals surface area (Å²) < 4.78 is 10.6. The lowest BCUT2D eigenvalue weighted by molar-refractivity contribution is -0.144. The lowest BCUT2D eigenvalue weighted by Gasteiger charge is -2.10. The predicted molar refractivity (Wildman–Crippen MR) is 85.6 cm³/mol. The van der Waals surface area contributed by atoms with Crippen LogP contribution in [0.1, 0.15) is 6.92 Å². The molecule has 3 aromatic rings. The summed E-state index contributed by atoms with van der Waals surface area (Å²) in [5.41, 5.74) is 1.24. The molecule has 0 aliphatic rings. The Morgan fingerprint density at radius 3 is 2.52 bits per heavy atom. The minimum atomic E-state index is -1.04. The molecule has 3 rings (SSSR count). The highest BCUT2D eigenvalue weighted by molar-refractivity contribution is 5.81. The molecule has 1 unspecified atom stereocenters. The molecule has 1 heterocycles. The van der Waals surface area contributed by atoms with Crippen molar-refractivity contribution < 1.29 is 19.1 Å². The molecule has 0 saturated heterocycles. The molecule has 0 bridgehead atoms. The molecular weight excluding hydrogens is 296 g/mol. The van der Waals surface area contributed by atoms with Crippen molar-refractivity contribution in [2.75, 3.05) is 0 Å². The number of para-hydroxylation sites is 1. The number of fused-ring (bicyclic) bond motifs is 1. The van der Waals surface area contributed by atoms with Gasteiger partial charge in [-0.3, -0.25) is 0 Å². The van der Waals surface area contributed by atoms with Gasteiger partial charge < -0.3 is 14.3 Å². The number of hydrogen-bond acceptors (Lipinski definition) is 4. The molecule has 0 aliphatic carbocycles. The molecule has 5 heteroatoms. The third-order valence-corrected chi connectivity index (χ3v) is 3.47. The smallest absolute Gasteiger partial charge is 0.344 e. The van der Waals surface area contributed by atoms with Gasteiger partial charge in [0, 0.05) is 5.39 Å². The van der Waals surface area contributed by atoms with Crippen LogP contribution in [0.15, 0.2) is 63.8 Å². The Morgan fingerprint density at radius 2 is 1.83 bits per heavy atom. The minimum absolute atomic E-state index is 0.420. The van der Waals surface area contributed by atoms with E-state index in [-0.39, 0.29) is 0 Å². The van der Waals surface area contributed by atoms with Crippen LogP contribution in [0.25, 0.3) is 22.1 Å². The lowest BCUT2D eigenvalue weighted by Crippen LogP contribution is -2.22. The fraction of sp³-hybridized carbons (Fsp3) is 0.111. The van der Waals surface area contributed by atoms with E-state index in [4.69, 9.17) is 14.3 Å². The van der Waals surface area contributed by atoms with Gasteiger partial charge in [-0.1, -0.05) is 30.3 Å². The minimum Gasteiger partial charge on any atom is -0.479 e. The van der Waals surface area contributed by atoms with Crippen molar-refractivity contribution in [3.63, 3.8) is 0 Å². The number of ether oxygens (including phenoxy) is 1. The Labute approximate surface area is 131 Å². The van der Waals surface area contributed by atoms with Crippen molar-refractivity contribution >= 4 is 16.9 Å². The molecule has 0 amide bonds. The van der Waals surface area contributed by atoms with Crippen molar-refractivity contribution in [3.8, 4) is 16.9 Å². The highest BCUT2D eigenvalue weighted by atomic mass is 16.5. The predicted octanol–water partition coefficient (Wildman–Crippen LogP) is 3.31. The van der Waals surface area contributed by atoms with Gasteiger partial charge in [-0.05, 0) is 36.8 Å². The summed E-state index contributed by atoms with van der Waals surface area (Å²) in [6.07, 6.45) is -0.938. The van der Waals surface area contributed by atoms with Crippen LogP contribution in [0.4, 0.5) is 0 Å². The number of aliphatic carboxylic acids is 1. The van der Waals surface area contributed by atoms with Crippen molar-refractivity contribution in [2.45, 2.75) is 13.0 Å². The van der Waals surface area contributed by atoms with Crippen LogP contribution in [-0.4, -0.2) is 17.2 Å². The van der Waals surface area contributed by atoms with Crippen molar-refractivity contribution in [2.24, 2.45) is 0 Å². The second-order valence-electron chi connectivity index (χ2n) is 5.11. The topological polar surface area (TPSA) is 76.7 Å². The van der Waals surface area contributed by atoms with E-state index in [0.717, 1.165) is 5.39 Å². The Morgan fingerprint density at radius 1 is 1.13 bits per heavy atom.